The third-order valence-corrected chi connectivity index (χ3v) is 1.86. The van der Waals surface area contributed by atoms with Gasteiger partial charge in [-0.1, -0.05) is 4.57 Å². The van der Waals surface area contributed by atoms with E-state index >= 15 is 0 Å². The summed E-state index contributed by atoms with van der Waals surface area (Å²) >= 11 is 0. The normalized spacial score (nSPS) is 17.2. The maximum atomic E-state index is 11.0. The van der Waals surface area contributed by atoms with Crippen LogP contribution in [0.5, 0.6) is 0 Å². The summed E-state index contributed by atoms with van der Waals surface area (Å²) in [6.45, 7) is 2.45. The molecule has 0 bridgehead atoms. The second-order valence-electron chi connectivity index (χ2n) is 2.63. The van der Waals surface area contributed by atoms with E-state index < -0.39 is 26.4 Å². The number of aliphatic hydroxyl groups excluding tert-OH is 2. The fraction of sp³-hybridized carbons (Fsp3) is 0.571. The van der Waals surface area contributed by atoms with Gasteiger partial charge in [0.05, 0.1) is 5.57 Å². The molecule has 0 rings (SSSR count). The second-order valence-corrected chi connectivity index (χ2v) is 3.46. The van der Waals surface area contributed by atoms with Crippen molar-refractivity contribution in [3.63, 3.8) is 0 Å². The summed E-state index contributed by atoms with van der Waals surface area (Å²) in [5.74, 6) is -0.301. The quantitative estimate of drug-likeness (QED) is 0.280. The lowest BCUT2D eigenvalue weighted by Gasteiger charge is -2.13. The lowest BCUT2D eigenvalue weighted by molar-refractivity contribution is -0.180. The van der Waals surface area contributed by atoms with Crippen molar-refractivity contribution in [3.05, 3.63) is 11.4 Å². The zero-order valence-corrected chi connectivity index (χ0v) is 8.60. The standard InChI is InChI=1S/C7H11O6P/c1-4(3-14(11)12)6(9)13-7(10)5(2)8/h3,5,7-8,10H,1-2H3/b4-3+. The third-order valence-electron chi connectivity index (χ3n) is 1.26. The molecule has 14 heavy (non-hydrogen) atoms. The molecule has 3 atom stereocenters. The summed E-state index contributed by atoms with van der Waals surface area (Å²) in [7, 11) is -2.82. The van der Waals surface area contributed by atoms with Crippen LogP contribution in [0.15, 0.2) is 11.4 Å². The summed E-state index contributed by atoms with van der Waals surface area (Å²) in [6, 6.07) is 0. The van der Waals surface area contributed by atoms with Gasteiger partial charge < -0.3 is 19.8 Å². The van der Waals surface area contributed by atoms with Crippen LogP contribution in [-0.2, 0) is 14.1 Å². The van der Waals surface area contributed by atoms with Gasteiger partial charge in [0.1, 0.15) is 6.10 Å². The molecule has 3 unspecified atom stereocenters. The molecule has 0 amide bonds. The van der Waals surface area contributed by atoms with Crippen LogP contribution in [0.3, 0.4) is 0 Å². The molecular weight excluding hydrogens is 211 g/mol. The van der Waals surface area contributed by atoms with Crippen LogP contribution in [0.1, 0.15) is 13.8 Å². The molecule has 0 aromatic rings. The first-order valence-corrected chi connectivity index (χ1v) is 4.98. The highest BCUT2D eigenvalue weighted by atomic mass is 31.1. The van der Waals surface area contributed by atoms with Crippen LogP contribution in [0.2, 0.25) is 0 Å². The Labute approximate surface area is 81.7 Å². The van der Waals surface area contributed by atoms with E-state index in [1.807, 2.05) is 0 Å². The lowest BCUT2D eigenvalue weighted by atomic mass is 10.3. The van der Waals surface area contributed by atoms with Gasteiger partial charge in [-0.3, -0.25) is 0 Å². The van der Waals surface area contributed by atoms with E-state index in [1.54, 1.807) is 0 Å². The van der Waals surface area contributed by atoms with Gasteiger partial charge in [0.2, 0.25) is 6.29 Å². The molecule has 0 saturated heterocycles. The zero-order valence-electron chi connectivity index (χ0n) is 7.71. The average Bonchev–Trinajstić information content (AvgIpc) is 2.02. The predicted molar refractivity (Wildman–Crippen MR) is 45.1 cm³/mol. The number of carbonyl (C=O) groups excluding carboxylic acids is 1. The van der Waals surface area contributed by atoms with E-state index in [-0.39, 0.29) is 5.57 Å². The smallest absolute Gasteiger partial charge is 0.341 e. The predicted octanol–water partition coefficient (Wildman–Crippen LogP) is -0.765. The highest BCUT2D eigenvalue weighted by Gasteiger charge is 2.18. The van der Waals surface area contributed by atoms with Crippen molar-refractivity contribution >= 4 is 14.0 Å². The molecule has 0 radical (unpaired) electrons. The van der Waals surface area contributed by atoms with Crippen molar-refractivity contribution in [3.8, 4) is 0 Å². The first kappa shape index (κ1) is 13.2. The summed E-state index contributed by atoms with van der Waals surface area (Å²) in [5.41, 5.74) is -0.166. The van der Waals surface area contributed by atoms with Crippen LogP contribution >= 0.6 is 8.03 Å². The van der Waals surface area contributed by atoms with Crippen molar-refractivity contribution in [2.75, 3.05) is 0 Å². The lowest BCUT2D eigenvalue weighted by Crippen LogP contribution is -2.28. The Morgan fingerprint density at radius 1 is 1.57 bits per heavy atom. The maximum Gasteiger partial charge on any atom is 0.341 e. The van der Waals surface area contributed by atoms with Gasteiger partial charge in [0.25, 0.3) is 0 Å². The van der Waals surface area contributed by atoms with Gasteiger partial charge >= 0.3 is 14.0 Å². The molecular formula is C7H11O6P. The van der Waals surface area contributed by atoms with Crippen LogP contribution < -0.4 is 4.89 Å². The number of hydrogen-bond acceptors (Lipinski definition) is 6. The minimum atomic E-state index is -2.82. The summed E-state index contributed by atoms with van der Waals surface area (Å²) < 4.78 is 14.5. The Morgan fingerprint density at radius 2 is 2.07 bits per heavy atom. The zero-order chi connectivity index (χ0) is 11.3. The maximum absolute atomic E-state index is 11.0. The minimum absolute atomic E-state index is 0.166. The number of carbonyl (C=O) groups is 1. The number of aliphatic hydroxyl groups is 2. The first-order chi connectivity index (χ1) is 6.34. The third kappa shape index (κ3) is 5.04. The van der Waals surface area contributed by atoms with E-state index in [2.05, 4.69) is 4.74 Å². The van der Waals surface area contributed by atoms with Crippen LogP contribution in [-0.4, -0.2) is 28.6 Å². The fourth-order valence-corrected chi connectivity index (χ4v) is 0.934. The van der Waals surface area contributed by atoms with Gasteiger partial charge in [0, 0.05) is 0 Å². The number of esters is 1. The Bertz CT molecular complexity index is 259. The molecule has 0 heterocycles. The molecule has 0 aromatic carbocycles. The molecule has 2 N–H and O–H groups in total. The van der Waals surface area contributed by atoms with Gasteiger partial charge in [-0.15, -0.1) is 0 Å². The van der Waals surface area contributed by atoms with E-state index in [4.69, 9.17) is 10.2 Å². The monoisotopic (exact) mass is 222 g/mol. The average molecular weight is 222 g/mol. The number of ether oxygens (including phenoxy) is 1. The fourth-order valence-electron chi connectivity index (χ4n) is 0.512. The van der Waals surface area contributed by atoms with Crippen LogP contribution in [0, 0.1) is 0 Å². The van der Waals surface area contributed by atoms with Crippen molar-refractivity contribution < 1.29 is 29.2 Å². The number of hydrogen-bond donors (Lipinski definition) is 2. The number of rotatable bonds is 4. The molecule has 0 aliphatic rings. The Hall–Kier alpha value is -0.810. The molecule has 6 nitrogen and oxygen atoms in total. The first-order valence-electron chi connectivity index (χ1n) is 3.73. The molecule has 7 heteroatoms. The van der Waals surface area contributed by atoms with E-state index in [0.29, 0.717) is 5.82 Å². The van der Waals surface area contributed by atoms with E-state index in [1.165, 1.54) is 13.8 Å². The summed E-state index contributed by atoms with van der Waals surface area (Å²) in [4.78, 5) is 21.1. The largest absolute Gasteiger partial charge is 0.591 e. The topological polar surface area (TPSA) is 107 Å². The van der Waals surface area contributed by atoms with Crippen molar-refractivity contribution in [1.29, 1.82) is 0 Å². The Balaban J connectivity index is 4.29. The Kier molecular flexibility index (Phi) is 5.49. The molecule has 0 saturated carbocycles. The highest BCUT2D eigenvalue weighted by molar-refractivity contribution is 7.40. The van der Waals surface area contributed by atoms with Gasteiger partial charge in [-0.05, 0) is 13.8 Å². The van der Waals surface area contributed by atoms with Gasteiger partial charge in [-0.25, -0.2) is 4.79 Å². The van der Waals surface area contributed by atoms with Crippen LogP contribution in [0.4, 0.5) is 0 Å². The van der Waals surface area contributed by atoms with Gasteiger partial charge in [-0.2, -0.15) is 0 Å². The van der Waals surface area contributed by atoms with Gasteiger partial charge in [0.15, 0.2) is 5.82 Å². The SMILES string of the molecule is C/C(=C\[P+](=O)[O-])C(=O)OC(O)C(C)O. The Morgan fingerprint density at radius 3 is 2.43 bits per heavy atom. The van der Waals surface area contributed by atoms with E-state index in [0.717, 1.165) is 0 Å². The second kappa shape index (κ2) is 5.82. The van der Waals surface area contributed by atoms with E-state index in [9.17, 15) is 14.3 Å². The summed E-state index contributed by atoms with van der Waals surface area (Å²) in [6.07, 6.45) is -2.89. The highest BCUT2D eigenvalue weighted by Crippen LogP contribution is 2.14. The summed E-state index contributed by atoms with van der Waals surface area (Å²) in [5, 5.41) is 17.7. The molecule has 0 aliphatic carbocycles. The van der Waals surface area contributed by atoms with Crippen molar-refractivity contribution in [1.82, 2.24) is 0 Å². The van der Waals surface area contributed by atoms with Crippen molar-refractivity contribution in [2.24, 2.45) is 0 Å². The molecule has 0 fully saturated rings. The molecule has 0 aliphatic heterocycles. The minimum Gasteiger partial charge on any atom is -0.591 e. The van der Waals surface area contributed by atoms with Crippen molar-refractivity contribution in [2.45, 2.75) is 26.2 Å². The molecule has 80 valence electrons. The van der Waals surface area contributed by atoms with Crippen LogP contribution in [0.25, 0.3) is 0 Å². The molecule has 0 spiro atoms. The molecule has 0 aromatic heterocycles.